The van der Waals surface area contributed by atoms with Gasteiger partial charge in [0.05, 0.1) is 0 Å². The van der Waals surface area contributed by atoms with Crippen LogP contribution in [0, 0.1) is 5.92 Å². The standard InChI is InChI=1S/C8H11.3CH3O.Ti/c1-7(2)8-5-3-4-6-8;3*1-2;/h3-7H,1-2H3;3*1H3;/q;3*-1;+3. The van der Waals surface area contributed by atoms with E-state index in [9.17, 15) is 0 Å². The van der Waals surface area contributed by atoms with Gasteiger partial charge in [-0.3, -0.25) is 0 Å². The van der Waals surface area contributed by atoms with E-state index < -0.39 is 17.8 Å². The van der Waals surface area contributed by atoms with Gasteiger partial charge in [0.15, 0.2) is 0 Å². The Morgan fingerprint density at radius 3 is 1.60 bits per heavy atom. The molecule has 0 fully saturated rings. The molecule has 0 spiro atoms. The third-order valence-electron chi connectivity index (χ3n) is 3.15. The van der Waals surface area contributed by atoms with Gasteiger partial charge in [-0.05, 0) is 0 Å². The van der Waals surface area contributed by atoms with Crippen molar-refractivity contribution in [2.75, 3.05) is 21.3 Å². The normalized spacial score (nSPS) is 19.1. The van der Waals surface area contributed by atoms with E-state index in [0.29, 0.717) is 5.92 Å². The first-order chi connectivity index (χ1) is 7.08. The van der Waals surface area contributed by atoms with Crippen molar-refractivity contribution in [2.45, 2.75) is 17.6 Å². The molecule has 0 saturated heterocycles. The van der Waals surface area contributed by atoms with Gasteiger partial charge in [0, 0.05) is 0 Å². The van der Waals surface area contributed by atoms with Crippen LogP contribution in [0.2, 0.25) is 3.72 Å². The summed E-state index contributed by atoms with van der Waals surface area (Å²) in [7, 11) is 5.03. The number of rotatable bonds is 5. The topological polar surface area (TPSA) is 27.7 Å². The zero-order valence-electron chi connectivity index (χ0n) is 10.1. The maximum atomic E-state index is 5.63. The van der Waals surface area contributed by atoms with Crippen molar-refractivity contribution < 1.29 is 27.7 Å². The van der Waals surface area contributed by atoms with Gasteiger partial charge in [0.25, 0.3) is 0 Å². The molecular formula is C11H20O3Ti. The number of hydrogen-bond acceptors (Lipinski definition) is 3. The fourth-order valence-electron chi connectivity index (χ4n) is 2.21. The Morgan fingerprint density at radius 2 is 1.33 bits per heavy atom. The average molecular weight is 248 g/mol. The van der Waals surface area contributed by atoms with Gasteiger partial charge in [-0.25, -0.2) is 0 Å². The Bertz CT molecular complexity index is 247. The molecule has 3 nitrogen and oxygen atoms in total. The Kier molecular flexibility index (Phi) is 4.33. The van der Waals surface area contributed by atoms with Crippen LogP contribution in [0.3, 0.4) is 0 Å². The van der Waals surface area contributed by atoms with Crippen molar-refractivity contribution in [1.82, 2.24) is 0 Å². The van der Waals surface area contributed by atoms with Gasteiger partial charge >= 0.3 is 96.8 Å². The molecule has 0 aromatic carbocycles. The Hall–Kier alpha value is 0.0743. The van der Waals surface area contributed by atoms with Crippen molar-refractivity contribution in [3.63, 3.8) is 0 Å². The van der Waals surface area contributed by atoms with Crippen LogP contribution in [-0.4, -0.2) is 21.3 Å². The Labute approximate surface area is 96.9 Å². The zero-order valence-corrected chi connectivity index (χ0v) is 11.7. The average Bonchev–Trinajstić information content (AvgIpc) is 2.72. The zero-order chi connectivity index (χ0) is 11.5. The van der Waals surface area contributed by atoms with Gasteiger partial charge in [0.1, 0.15) is 0 Å². The molecule has 0 amide bonds. The molecule has 1 aliphatic carbocycles. The number of hydrogen-bond donors (Lipinski definition) is 0. The fourth-order valence-corrected chi connectivity index (χ4v) is 6.69. The first-order valence-electron chi connectivity index (χ1n) is 5.11. The van der Waals surface area contributed by atoms with E-state index in [1.807, 2.05) is 12.2 Å². The molecule has 0 saturated carbocycles. The molecular weight excluding hydrogens is 228 g/mol. The summed E-state index contributed by atoms with van der Waals surface area (Å²) < 4.78 is 16.7. The molecule has 0 aliphatic heterocycles. The Morgan fingerprint density at radius 1 is 0.933 bits per heavy atom. The molecule has 1 aliphatic rings. The van der Waals surface area contributed by atoms with Crippen LogP contribution in [0.4, 0.5) is 0 Å². The van der Waals surface area contributed by atoms with Gasteiger partial charge < -0.3 is 0 Å². The third-order valence-corrected chi connectivity index (χ3v) is 8.74. The summed E-state index contributed by atoms with van der Waals surface area (Å²) in [6, 6.07) is 0. The van der Waals surface area contributed by atoms with Crippen LogP contribution in [0.25, 0.3) is 0 Å². The number of allylic oxidation sites excluding steroid dienone is 4. The minimum atomic E-state index is -3.24. The summed E-state index contributed by atoms with van der Waals surface area (Å²) in [6.45, 7) is 4.33. The van der Waals surface area contributed by atoms with E-state index in [1.165, 1.54) is 0 Å². The molecule has 0 atom stereocenters. The molecule has 4 heteroatoms. The second-order valence-electron chi connectivity index (χ2n) is 3.97. The van der Waals surface area contributed by atoms with Crippen LogP contribution >= 0.6 is 0 Å². The summed E-state index contributed by atoms with van der Waals surface area (Å²) in [5.41, 5.74) is 0. The van der Waals surface area contributed by atoms with E-state index in [0.717, 1.165) is 0 Å². The predicted octanol–water partition coefficient (Wildman–Crippen LogP) is 2.77. The fraction of sp³-hybridized carbons (Fsp3) is 0.636. The molecule has 0 radical (unpaired) electrons. The van der Waals surface area contributed by atoms with E-state index in [-0.39, 0.29) is 3.72 Å². The van der Waals surface area contributed by atoms with Crippen molar-refractivity contribution >= 4 is 0 Å². The summed E-state index contributed by atoms with van der Waals surface area (Å²) in [5, 5.41) is 0. The van der Waals surface area contributed by atoms with Gasteiger partial charge in [-0.1, -0.05) is 0 Å². The first kappa shape index (κ1) is 13.1. The van der Waals surface area contributed by atoms with Crippen LogP contribution in [0.15, 0.2) is 24.3 Å². The van der Waals surface area contributed by atoms with Gasteiger partial charge in [-0.2, -0.15) is 0 Å². The minimum absolute atomic E-state index is 0.182. The third kappa shape index (κ3) is 1.88. The molecule has 15 heavy (non-hydrogen) atoms. The van der Waals surface area contributed by atoms with Crippen molar-refractivity contribution in [1.29, 1.82) is 0 Å². The van der Waals surface area contributed by atoms with Crippen molar-refractivity contribution in [2.24, 2.45) is 5.92 Å². The second-order valence-corrected chi connectivity index (χ2v) is 8.98. The van der Waals surface area contributed by atoms with E-state index in [1.54, 1.807) is 21.3 Å². The molecule has 0 heterocycles. The monoisotopic (exact) mass is 248 g/mol. The summed E-state index contributed by atoms with van der Waals surface area (Å²) in [6.07, 6.45) is 8.37. The van der Waals surface area contributed by atoms with Crippen molar-refractivity contribution in [3.8, 4) is 0 Å². The molecule has 86 valence electrons. The molecule has 1 rings (SSSR count). The molecule has 0 bridgehead atoms. The molecule has 0 aromatic rings. The van der Waals surface area contributed by atoms with Crippen LogP contribution < -0.4 is 0 Å². The quantitative estimate of drug-likeness (QED) is 0.700. The van der Waals surface area contributed by atoms with Crippen LogP contribution in [-0.2, 0) is 27.7 Å². The van der Waals surface area contributed by atoms with E-state index in [4.69, 9.17) is 9.96 Å². The molecule has 0 N–H and O–H groups in total. The van der Waals surface area contributed by atoms with Crippen LogP contribution in [0.5, 0.6) is 0 Å². The SMILES string of the molecule is C[O][Ti]([O]C)([O]C)[C]1(C(C)C)C=CC=C1. The van der Waals surface area contributed by atoms with E-state index in [2.05, 4.69) is 26.0 Å². The van der Waals surface area contributed by atoms with Gasteiger partial charge in [0.2, 0.25) is 0 Å². The summed E-state index contributed by atoms with van der Waals surface area (Å²) in [4.78, 5) is 0. The first-order valence-corrected chi connectivity index (χ1v) is 7.80. The molecule has 0 unspecified atom stereocenters. The predicted molar refractivity (Wildman–Crippen MR) is 56.8 cm³/mol. The van der Waals surface area contributed by atoms with Gasteiger partial charge in [-0.15, -0.1) is 0 Å². The summed E-state index contributed by atoms with van der Waals surface area (Å²) >= 11 is -3.24. The van der Waals surface area contributed by atoms with E-state index >= 15 is 0 Å². The summed E-state index contributed by atoms with van der Waals surface area (Å²) in [5.74, 6) is 0.396. The van der Waals surface area contributed by atoms with Crippen molar-refractivity contribution in [3.05, 3.63) is 24.3 Å². The second kappa shape index (κ2) is 4.94. The van der Waals surface area contributed by atoms with Crippen LogP contribution in [0.1, 0.15) is 13.8 Å². The molecule has 0 aromatic heterocycles. The Balaban J connectivity index is 3.18. The maximum absolute atomic E-state index is 5.63.